The lowest BCUT2D eigenvalue weighted by Crippen LogP contribution is -2.58. The molecule has 1 saturated heterocycles. The van der Waals surface area contributed by atoms with Gasteiger partial charge in [0.1, 0.15) is 22.5 Å². The lowest BCUT2D eigenvalue weighted by molar-refractivity contribution is -0.149. The summed E-state index contributed by atoms with van der Waals surface area (Å²) in [4.78, 5) is 112. The number of carbonyl (C=O) groups is 8. The number of nitrogens with zero attached hydrogens (tertiary/aromatic N) is 3. The first-order chi connectivity index (χ1) is 33.6. The molecule has 71 heavy (non-hydrogen) atoms. The number of hydrogen-bond donors (Lipinski definition) is 7. The number of thiazole rings is 1. The van der Waals surface area contributed by atoms with Crippen molar-refractivity contribution in [2.45, 2.75) is 130 Å². The number of phenols is 1. The van der Waals surface area contributed by atoms with Gasteiger partial charge >= 0.3 is 11.9 Å². The van der Waals surface area contributed by atoms with E-state index in [1.54, 1.807) is 18.0 Å². The van der Waals surface area contributed by atoms with Crippen LogP contribution >= 0.6 is 27.3 Å². The quantitative estimate of drug-likeness (QED) is 0.0264. The fourth-order valence-corrected chi connectivity index (χ4v) is 9.28. The Balaban J connectivity index is 1.74. The van der Waals surface area contributed by atoms with Crippen LogP contribution in [0.15, 0.2) is 34.1 Å². The highest BCUT2D eigenvalue weighted by Crippen LogP contribution is 2.32. The summed E-state index contributed by atoms with van der Waals surface area (Å²) < 4.78 is 10.7. The molecule has 0 bridgehead atoms. The van der Waals surface area contributed by atoms with E-state index in [-0.39, 0.29) is 96.5 Å². The molecular formula is C49H73BrN8O12S. The van der Waals surface area contributed by atoms with Crippen molar-refractivity contribution in [1.82, 2.24) is 36.1 Å². The molecule has 7 N–H and O–H groups in total. The summed E-state index contributed by atoms with van der Waals surface area (Å²) in [7, 11) is 5.09. The number of rotatable bonds is 28. The number of methoxy groups -OCH3 is 1. The van der Waals surface area contributed by atoms with E-state index in [0.717, 1.165) is 36.8 Å². The monoisotopic (exact) mass is 1080 g/mol. The van der Waals surface area contributed by atoms with Crippen molar-refractivity contribution in [3.8, 4) is 5.75 Å². The maximum Gasteiger partial charge on any atom is 0.306 e. The predicted octanol–water partition coefficient (Wildman–Crippen LogP) is 4.67. The highest BCUT2D eigenvalue weighted by molar-refractivity contribution is 9.12. The number of amides is 6. The number of phenolic OH excluding ortho intramolecular Hbond substituents is 1. The lowest BCUT2D eigenvalue weighted by Gasteiger charge is -2.38. The number of carboxylic acids is 1. The van der Waals surface area contributed by atoms with Crippen molar-refractivity contribution < 1.29 is 58.0 Å². The van der Waals surface area contributed by atoms with E-state index >= 15 is 0 Å². The Kier molecular flexibility index (Phi) is 25.1. The highest BCUT2D eigenvalue weighted by atomic mass is 79.9. The van der Waals surface area contributed by atoms with Crippen LogP contribution in [0, 0.1) is 17.8 Å². The summed E-state index contributed by atoms with van der Waals surface area (Å²) in [6.45, 7) is 12.0. The number of aliphatic carboxylic acids is 1. The van der Waals surface area contributed by atoms with Crippen molar-refractivity contribution in [3.63, 3.8) is 0 Å². The van der Waals surface area contributed by atoms with Crippen LogP contribution in [0.3, 0.4) is 0 Å². The van der Waals surface area contributed by atoms with E-state index in [0.29, 0.717) is 30.0 Å². The number of likely N-dealkylation sites (N-methyl/N-ethyl adjacent to an activating group) is 2. The van der Waals surface area contributed by atoms with E-state index in [9.17, 15) is 48.6 Å². The Morgan fingerprint density at radius 1 is 1.03 bits per heavy atom. The molecule has 7 atom stereocenters. The van der Waals surface area contributed by atoms with Crippen LogP contribution in [0.1, 0.15) is 120 Å². The van der Waals surface area contributed by atoms with Crippen molar-refractivity contribution in [2.24, 2.45) is 17.8 Å². The summed E-state index contributed by atoms with van der Waals surface area (Å²) in [6.07, 6.45) is 3.89. The van der Waals surface area contributed by atoms with Crippen molar-refractivity contribution in [2.75, 3.05) is 52.8 Å². The summed E-state index contributed by atoms with van der Waals surface area (Å²) in [5.74, 6) is -5.64. The number of ether oxygens (including phenoxy) is 2. The second kappa shape index (κ2) is 29.8. The van der Waals surface area contributed by atoms with Gasteiger partial charge in [0, 0.05) is 70.6 Å². The van der Waals surface area contributed by atoms with Gasteiger partial charge in [0.2, 0.25) is 23.6 Å². The Labute approximate surface area is 428 Å². The molecule has 1 aliphatic rings. The maximum atomic E-state index is 14.3. The average molecular weight is 1080 g/mol. The third-order valence-electron chi connectivity index (χ3n) is 12.4. The first-order valence-corrected chi connectivity index (χ1v) is 25.7. The van der Waals surface area contributed by atoms with Gasteiger partial charge in [-0.05, 0) is 91.2 Å². The minimum absolute atomic E-state index is 0.00478. The molecule has 2 heterocycles. The van der Waals surface area contributed by atoms with Gasteiger partial charge in [0.05, 0.1) is 28.7 Å². The number of aromatic hydroxyl groups is 1. The van der Waals surface area contributed by atoms with Gasteiger partial charge < -0.3 is 51.2 Å². The Morgan fingerprint density at radius 3 is 2.38 bits per heavy atom. The van der Waals surface area contributed by atoms with Crippen LogP contribution in [-0.2, 0) is 49.5 Å². The van der Waals surface area contributed by atoms with Crippen LogP contribution in [0.2, 0.25) is 0 Å². The second-order valence-electron chi connectivity index (χ2n) is 18.4. The number of hydrogen-bond acceptors (Lipinski definition) is 14. The fraction of sp³-hybridized carbons (Fsp3) is 0.612. The third-order valence-corrected chi connectivity index (χ3v) is 13.9. The molecule has 0 spiro atoms. The number of carboxylic acid groups (broad SMARTS) is 1. The summed E-state index contributed by atoms with van der Waals surface area (Å²) in [6, 6.07) is 2.13. The number of piperidine rings is 1. The summed E-state index contributed by atoms with van der Waals surface area (Å²) in [5, 5.41) is 36.0. The molecule has 1 aliphatic heterocycles. The van der Waals surface area contributed by atoms with Crippen LogP contribution in [0.5, 0.6) is 5.75 Å². The highest BCUT2D eigenvalue weighted by Gasteiger charge is 2.37. The fourth-order valence-electron chi connectivity index (χ4n) is 8.09. The van der Waals surface area contributed by atoms with E-state index in [1.807, 2.05) is 39.6 Å². The minimum Gasteiger partial charge on any atom is -0.506 e. The van der Waals surface area contributed by atoms with E-state index in [2.05, 4.69) is 47.5 Å². The average Bonchev–Trinajstić information content (AvgIpc) is 3.82. The summed E-state index contributed by atoms with van der Waals surface area (Å²) in [5.41, 5.74) is 0.634. The molecule has 2 aromatic rings. The van der Waals surface area contributed by atoms with Crippen molar-refractivity contribution >= 4 is 80.3 Å². The number of likely N-dealkylation sites (tertiary alicyclic amines) is 1. The number of aromatic nitrogens is 1. The zero-order chi connectivity index (χ0) is 52.9. The maximum absolute atomic E-state index is 14.3. The van der Waals surface area contributed by atoms with Gasteiger partial charge in [-0.15, -0.1) is 11.3 Å². The minimum atomic E-state index is -1.08. The SMILES string of the molecule is CC[C@H](C)[C@H](NC(=O)[C@@H]1CCCCN1C)C(=O)N(C)[C@H](C[C@@H](OC(C)=O)c1nc(C(=O)N[C@@H](Cc2ccc(O)c(NC(=O)CCCNC(=O)/C=C(/Br)C(=O)NCCOC)c2)CC(C)C(=O)O)cs1)C(C)C. The molecule has 0 saturated carbocycles. The number of esters is 1. The zero-order valence-corrected chi connectivity index (χ0v) is 44.7. The molecule has 1 fully saturated rings. The topological polar surface area (TPSA) is 275 Å². The smallest absolute Gasteiger partial charge is 0.306 e. The lowest BCUT2D eigenvalue weighted by atomic mass is 9.92. The van der Waals surface area contributed by atoms with Gasteiger partial charge in [-0.1, -0.05) is 53.5 Å². The van der Waals surface area contributed by atoms with E-state index in [1.165, 1.54) is 38.5 Å². The Hall–Kier alpha value is -5.45. The van der Waals surface area contributed by atoms with Gasteiger partial charge in [-0.3, -0.25) is 43.3 Å². The largest absolute Gasteiger partial charge is 0.506 e. The van der Waals surface area contributed by atoms with Crippen LogP contribution in [-0.4, -0.2) is 144 Å². The van der Waals surface area contributed by atoms with Crippen LogP contribution < -0.4 is 26.6 Å². The number of benzene rings is 1. The first-order valence-electron chi connectivity index (χ1n) is 24.0. The van der Waals surface area contributed by atoms with Crippen LogP contribution in [0.4, 0.5) is 5.69 Å². The molecule has 0 aliphatic carbocycles. The molecule has 3 rings (SSSR count). The predicted molar refractivity (Wildman–Crippen MR) is 272 cm³/mol. The van der Waals surface area contributed by atoms with E-state index < -0.39 is 65.7 Å². The molecule has 394 valence electrons. The second-order valence-corrected chi connectivity index (χ2v) is 20.2. The van der Waals surface area contributed by atoms with Gasteiger partial charge in [0.25, 0.3) is 11.8 Å². The number of carbonyl (C=O) groups excluding carboxylic acids is 7. The molecule has 20 nitrogen and oxygen atoms in total. The zero-order valence-electron chi connectivity index (χ0n) is 42.3. The molecule has 1 aromatic carbocycles. The molecule has 6 amide bonds. The summed E-state index contributed by atoms with van der Waals surface area (Å²) >= 11 is 4.16. The number of halogens is 1. The first kappa shape index (κ1) is 59.9. The van der Waals surface area contributed by atoms with E-state index in [4.69, 9.17) is 9.47 Å². The van der Waals surface area contributed by atoms with Crippen LogP contribution in [0.25, 0.3) is 0 Å². The van der Waals surface area contributed by atoms with Crippen molar-refractivity contribution in [1.29, 1.82) is 0 Å². The molecule has 22 heteroatoms. The van der Waals surface area contributed by atoms with Gasteiger partial charge in [-0.2, -0.15) is 0 Å². The Morgan fingerprint density at radius 2 is 1.75 bits per heavy atom. The molecular weight excluding hydrogens is 1000 g/mol. The molecule has 1 unspecified atom stereocenters. The Bertz CT molecular complexity index is 2190. The number of nitrogens with one attached hydrogen (secondary N) is 5. The number of anilines is 1. The third kappa shape index (κ3) is 19.6. The van der Waals surface area contributed by atoms with Crippen molar-refractivity contribution in [3.05, 3.63) is 50.4 Å². The molecule has 0 radical (unpaired) electrons. The normalized spacial score (nSPS) is 16.6. The molecule has 1 aromatic heterocycles. The van der Waals surface area contributed by atoms with Gasteiger partial charge in [0.15, 0.2) is 6.10 Å². The van der Waals surface area contributed by atoms with Gasteiger partial charge in [-0.25, -0.2) is 4.98 Å². The standard InChI is InChI=1S/C49H73BrN8O12S/c1-10-29(4)43(56-46(65)37-14-11-12-20-57(37)7)48(66)58(8)38(28(2)3)26-40(70-31(6)59)47-55-36(27-71-47)45(64)53-33(22-30(5)49(67)68)23-32-16-17-39(60)35(24-32)54-41(61)15-13-18-51-42(62)25-34(50)44(63)52-19-21-69-9/h16-17,24-25,27-30,33,37-38,40,43,60H,10-15,18-23,26H2,1-9H3,(H,51,62)(H,52,63)(H,53,64)(H,54,61)(H,56,65)(H,67,68)/b34-25+/t29-,30?,33+,37-,38+,40+,43-/m0/s1.